The number of hydrazine groups is 1. The standard InChI is InChI=1S/C27H42F3N5O4/c1-33-15-31-32-23(33)8-26(13-39-14-26)18-3-2-4-19(7-18)35-12-21-20(24(35)36)5-16(6-22(21)27(28,29)30)9-34-10-17(11-34)25(37)38/h16-23,31-32H,2-15H2,1H3,(H,37,38). The Hall–Kier alpha value is -1.47. The SMILES string of the molecule is CN1CNNC1CC1(C2CCCC(N3CC4C(CC(CN5CC(C(=O)O)C5)CC4C(F)(F)F)C3=O)C2)COC1. The molecule has 0 spiro atoms. The summed E-state index contributed by atoms with van der Waals surface area (Å²) in [7, 11) is 2.08. The first kappa shape index (κ1) is 27.7. The summed E-state index contributed by atoms with van der Waals surface area (Å²) in [6.45, 7) is 3.60. The highest BCUT2D eigenvalue weighted by molar-refractivity contribution is 5.82. The number of carbonyl (C=O) groups excluding carboxylic acids is 1. The third-order valence-electron chi connectivity index (χ3n) is 10.9. The van der Waals surface area contributed by atoms with E-state index in [1.165, 1.54) is 0 Å². The van der Waals surface area contributed by atoms with Gasteiger partial charge in [0.2, 0.25) is 5.91 Å². The molecule has 12 heteroatoms. The second-order valence-electron chi connectivity index (χ2n) is 13.3. The van der Waals surface area contributed by atoms with Gasteiger partial charge in [-0.2, -0.15) is 13.2 Å². The maximum Gasteiger partial charge on any atom is 0.392 e. The molecule has 4 heterocycles. The van der Waals surface area contributed by atoms with Crippen molar-refractivity contribution < 1.29 is 32.6 Å². The van der Waals surface area contributed by atoms with E-state index in [-0.39, 0.29) is 42.4 Å². The Labute approximate surface area is 227 Å². The number of nitrogens with one attached hydrogen (secondary N) is 2. The number of carboxylic acids is 1. The summed E-state index contributed by atoms with van der Waals surface area (Å²) in [5.41, 5.74) is 6.58. The number of carbonyl (C=O) groups is 2. The number of aliphatic carboxylic acids is 1. The molecule has 0 aromatic heterocycles. The molecule has 9 nitrogen and oxygen atoms in total. The van der Waals surface area contributed by atoms with Crippen molar-refractivity contribution in [2.75, 3.05) is 53.1 Å². The number of fused-ring (bicyclic) bond motifs is 1. The molecule has 7 unspecified atom stereocenters. The number of rotatable bonds is 7. The highest BCUT2D eigenvalue weighted by atomic mass is 19.4. The molecule has 3 N–H and O–H groups in total. The van der Waals surface area contributed by atoms with Gasteiger partial charge in [-0.05, 0) is 63.3 Å². The zero-order valence-electron chi connectivity index (χ0n) is 22.7. The first-order valence-electron chi connectivity index (χ1n) is 14.6. The number of hydrogen-bond donors (Lipinski definition) is 3. The number of amides is 1. The molecule has 0 bridgehead atoms. The number of hydrogen-bond acceptors (Lipinski definition) is 7. The molecule has 6 aliphatic rings. The quantitative estimate of drug-likeness (QED) is 0.437. The molecular weight excluding hydrogens is 515 g/mol. The highest BCUT2D eigenvalue weighted by Crippen LogP contribution is 2.53. The summed E-state index contributed by atoms with van der Waals surface area (Å²) in [5, 5.41) is 9.15. The Balaban J connectivity index is 1.13. The van der Waals surface area contributed by atoms with Crippen LogP contribution >= 0.6 is 0 Å². The lowest BCUT2D eigenvalue weighted by Crippen LogP contribution is -2.56. The molecule has 220 valence electrons. The van der Waals surface area contributed by atoms with Crippen molar-refractivity contribution in [3.63, 3.8) is 0 Å². The number of halogens is 3. The molecule has 0 aromatic rings. The van der Waals surface area contributed by atoms with Crippen LogP contribution in [0, 0.1) is 40.9 Å². The summed E-state index contributed by atoms with van der Waals surface area (Å²) in [5.74, 6) is -3.98. The van der Waals surface area contributed by atoms with Crippen LogP contribution in [0.25, 0.3) is 0 Å². The van der Waals surface area contributed by atoms with Crippen LogP contribution in [0.3, 0.4) is 0 Å². The van der Waals surface area contributed by atoms with E-state index < -0.39 is 35.8 Å². The van der Waals surface area contributed by atoms with Gasteiger partial charge in [-0.1, -0.05) is 6.42 Å². The molecule has 6 fully saturated rings. The summed E-state index contributed by atoms with van der Waals surface area (Å²) in [6, 6.07) is -0.00856. The van der Waals surface area contributed by atoms with Crippen LogP contribution in [0.5, 0.6) is 0 Å². The lowest BCUT2D eigenvalue weighted by Gasteiger charge is -2.52. The minimum absolute atomic E-state index is 0.00856. The highest BCUT2D eigenvalue weighted by Gasteiger charge is 2.58. The van der Waals surface area contributed by atoms with E-state index >= 15 is 0 Å². The Morgan fingerprint density at radius 1 is 1.15 bits per heavy atom. The largest absolute Gasteiger partial charge is 0.481 e. The van der Waals surface area contributed by atoms with E-state index in [2.05, 4.69) is 22.8 Å². The zero-order valence-corrected chi connectivity index (χ0v) is 22.7. The first-order valence-corrected chi connectivity index (χ1v) is 14.6. The molecule has 2 aliphatic carbocycles. The molecule has 0 radical (unpaired) electrons. The fourth-order valence-corrected chi connectivity index (χ4v) is 8.60. The molecule has 0 aromatic carbocycles. The zero-order chi connectivity index (χ0) is 27.5. The maximum absolute atomic E-state index is 14.3. The van der Waals surface area contributed by atoms with E-state index in [4.69, 9.17) is 9.84 Å². The normalized spacial score (nSPS) is 39.8. The van der Waals surface area contributed by atoms with Crippen molar-refractivity contribution in [1.29, 1.82) is 0 Å². The van der Waals surface area contributed by atoms with E-state index in [9.17, 15) is 22.8 Å². The molecule has 39 heavy (non-hydrogen) atoms. The molecule has 6 rings (SSSR count). The van der Waals surface area contributed by atoms with Crippen LogP contribution in [-0.4, -0.2) is 103 Å². The first-order chi connectivity index (χ1) is 18.5. The van der Waals surface area contributed by atoms with Crippen LogP contribution in [0.15, 0.2) is 0 Å². The van der Waals surface area contributed by atoms with Gasteiger partial charge in [0.05, 0.1) is 37.9 Å². The Kier molecular flexibility index (Phi) is 7.40. The van der Waals surface area contributed by atoms with Crippen molar-refractivity contribution in [3.05, 3.63) is 0 Å². The lowest BCUT2D eigenvalue weighted by atomic mass is 9.64. The van der Waals surface area contributed by atoms with Crippen LogP contribution in [0.2, 0.25) is 0 Å². The third kappa shape index (κ3) is 5.20. The average molecular weight is 558 g/mol. The van der Waals surface area contributed by atoms with Gasteiger partial charge in [-0.15, -0.1) is 0 Å². The summed E-state index contributed by atoms with van der Waals surface area (Å²) in [6.07, 6.45) is 1.07. The third-order valence-corrected chi connectivity index (χ3v) is 10.9. The Bertz CT molecular complexity index is 943. The molecular formula is C27H42F3N5O4. The predicted octanol–water partition coefficient (Wildman–Crippen LogP) is 1.95. The molecule has 7 atom stereocenters. The summed E-state index contributed by atoms with van der Waals surface area (Å²) < 4.78 is 48.6. The van der Waals surface area contributed by atoms with Gasteiger partial charge >= 0.3 is 12.1 Å². The van der Waals surface area contributed by atoms with Crippen molar-refractivity contribution >= 4 is 11.9 Å². The fraction of sp³-hybridized carbons (Fsp3) is 0.926. The minimum Gasteiger partial charge on any atom is -0.481 e. The predicted molar refractivity (Wildman–Crippen MR) is 135 cm³/mol. The van der Waals surface area contributed by atoms with Crippen LogP contribution in [0.4, 0.5) is 13.2 Å². The summed E-state index contributed by atoms with van der Waals surface area (Å²) >= 11 is 0. The van der Waals surface area contributed by atoms with Gasteiger partial charge < -0.3 is 19.6 Å². The Morgan fingerprint density at radius 3 is 2.54 bits per heavy atom. The smallest absolute Gasteiger partial charge is 0.392 e. The minimum atomic E-state index is -4.34. The van der Waals surface area contributed by atoms with E-state index in [1.54, 1.807) is 0 Å². The number of ether oxygens (including phenoxy) is 1. The topological polar surface area (TPSA) is 97.4 Å². The van der Waals surface area contributed by atoms with Crippen molar-refractivity contribution in [3.8, 4) is 0 Å². The van der Waals surface area contributed by atoms with Crippen molar-refractivity contribution in [2.45, 2.75) is 63.3 Å². The monoisotopic (exact) mass is 557 g/mol. The van der Waals surface area contributed by atoms with Gasteiger partial charge in [0, 0.05) is 43.6 Å². The number of likely N-dealkylation sites (tertiary alicyclic amines) is 2. The van der Waals surface area contributed by atoms with Gasteiger partial charge in [0.25, 0.3) is 0 Å². The van der Waals surface area contributed by atoms with Crippen molar-refractivity contribution in [1.82, 2.24) is 25.6 Å². The van der Waals surface area contributed by atoms with E-state index in [0.717, 1.165) is 38.8 Å². The number of carboxylic acid groups (broad SMARTS) is 1. The number of nitrogens with zero attached hydrogens (tertiary/aromatic N) is 3. The second kappa shape index (κ2) is 10.4. The van der Waals surface area contributed by atoms with Crippen molar-refractivity contribution in [2.24, 2.45) is 40.9 Å². The Morgan fingerprint density at radius 2 is 1.92 bits per heavy atom. The van der Waals surface area contributed by atoms with Gasteiger partial charge in [0.15, 0.2) is 0 Å². The van der Waals surface area contributed by atoms with Crippen LogP contribution < -0.4 is 10.9 Å². The second-order valence-corrected chi connectivity index (χ2v) is 13.3. The van der Waals surface area contributed by atoms with Gasteiger partial charge in [-0.3, -0.25) is 14.5 Å². The molecule has 2 saturated carbocycles. The molecule has 1 amide bonds. The number of alkyl halides is 3. The van der Waals surface area contributed by atoms with Gasteiger partial charge in [0.1, 0.15) is 0 Å². The molecule has 4 aliphatic heterocycles. The average Bonchev–Trinajstić information content (AvgIpc) is 3.39. The maximum atomic E-state index is 14.3. The lowest BCUT2D eigenvalue weighted by molar-refractivity contribution is -0.204. The summed E-state index contributed by atoms with van der Waals surface area (Å²) in [4.78, 5) is 30.9. The van der Waals surface area contributed by atoms with E-state index in [0.29, 0.717) is 45.2 Å². The molecule has 4 saturated heterocycles. The van der Waals surface area contributed by atoms with E-state index in [1.807, 2.05) is 9.80 Å². The van der Waals surface area contributed by atoms with Crippen LogP contribution in [0.1, 0.15) is 44.9 Å². The fourth-order valence-electron chi connectivity index (χ4n) is 8.60. The van der Waals surface area contributed by atoms with Gasteiger partial charge in [-0.25, -0.2) is 10.9 Å². The van der Waals surface area contributed by atoms with Crippen LogP contribution in [-0.2, 0) is 14.3 Å².